The van der Waals surface area contributed by atoms with Crippen molar-refractivity contribution in [2.75, 3.05) is 6.61 Å². The van der Waals surface area contributed by atoms with Crippen molar-refractivity contribution in [1.29, 1.82) is 0 Å². The summed E-state index contributed by atoms with van der Waals surface area (Å²) < 4.78 is 27.0. The molecule has 0 aliphatic carbocycles. The zero-order chi connectivity index (χ0) is 15.3. The van der Waals surface area contributed by atoms with Crippen LogP contribution in [0.15, 0.2) is 34.7 Å². The summed E-state index contributed by atoms with van der Waals surface area (Å²) in [6.07, 6.45) is 1.42. The third kappa shape index (κ3) is 4.34. The second-order valence-electron chi connectivity index (χ2n) is 4.66. The summed E-state index contributed by atoms with van der Waals surface area (Å²) in [7, 11) is -3.51. The molecule has 7 heteroatoms. The van der Waals surface area contributed by atoms with Crippen LogP contribution in [0.1, 0.15) is 22.6 Å². The molecule has 1 aromatic carbocycles. The Labute approximate surface area is 128 Å². The minimum absolute atomic E-state index is 0.135. The van der Waals surface area contributed by atoms with Crippen LogP contribution in [0.3, 0.4) is 0 Å². The predicted octanol–water partition coefficient (Wildman–Crippen LogP) is 1.85. The Balaban J connectivity index is 2.03. The molecular weight excluding hydrogens is 308 g/mol. The van der Waals surface area contributed by atoms with Gasteiger partial charge in [0.25, 0.3) is 0 Å². The highest BCUT2D eigenvalue weighted by Crippen LogP contribution is 2.15. The Morgan fingerprint density at radius 1 is 1.29 bits per heavy atom. The molecule has 0 radical (unpaired) electrons. The van der Waals surface area contributed by atoms with Gasteiger partial charge in [0.2, 0.25) is 10.0 Å². The second kappa shape index (κ2) is 7.13. The van der Waals surface area contributed by atoms with Gasteiger partial charge in [-0.1, -0.05) is 12.1 Å². The Hall–Kier alpha value is -1.28. The zero-order valence-corrected chi connectivity index (χ0v) is 13.4. The zero-order valence-electron chi connectivity index (χ0n) is 11.7. The molecule has 0 fully saturated rings. The van der Waals surface area contributed by atoms with Crippen LogP contribution in [0.2, 0.25) is 0 Å². The molecule has 0 unspecified atom stereocenters. The number of benzene rings is 1. The first-order valence-electron chi connectivity index (χ1n) is 6.61. The van der Waals surface area contributed by atoms with E-state index in [-0.39, 0.29) is 18.0 Å². The summed E-state index contributed by atoms with van der Waals surface area (Å²) >= 11 is 1.44. The molecular formula is C14H18N2O3S2. The van der Waals surface area contributed by atoms with E-state index in [1.807, 2.05) is 6.92 Å². The summed E-state index contributed by atoms with van der Waals surface area (Å²) in [5, 5.41) is 8.78. The molecule has 0 amide bonds. The van der Waals surface area contributed by atoms with Crippen molar-refractivity contribution < 1.29 is 13.5 Å². The van der Waals surface area contributed by atoms with E-state index in [2.05, 4.69) is 9.71 Å². The lowest BCUT2D eigenvalue weighted by atomic mass is 10.1. The second-order valence-corrected chi connectivity index (χ2v) is 7.36. The maximum atomic E-state index is 12.2. The number of thiazole rings is 1. The number of nitrogens with zero attached hydrogens (tertiary/aromatic N) is 1. The quantitative estimate of drug-likeness (QED) is 0.814. The summed E-state index contributed by atoms with van der Waals surface area (Å²) in [4.78, 5) is 5.26. The largest absolute Gasteiger partial charge is 0.396 e. The first-order valence-corrected chi connectivity index (χ1v) is 8.97. The third-order valence-corrected chi connectivity index (χ3v) is 5.48. The van der Waals surface area contributed by atoms with E-state index in [0.717, 1.165) is 22.6 Å². The van der Waals surface area contributed by atoms with Gasteiger partial charge in [0.15, 0.2) is 0 Å². The molecule has 2 rings (SSSR count). The number of aliphatic hydroxyl groups is 1. The van der Waals surface area contributed by atoms with Crippen LogP contribution in [-0.4, -0.2) is 25.1 Å². The molecule has 114 valence electrons. The van der Waals surface area contributed by atoms with Gasteiger partial charge >= 0.3 is 0 Å². The van der Waals surface area contributed by atoms with Gasteiger partial charge in [0.05, 0.1) is 16.1 Å². The molecule has 0 atom stereocenters. The Morgan fingerprint density at radius 2 is 2.00 bits per heavy atom. The predicted molar refractivity (Wildman–Crippen MR) is 82.7 cm³/mol. The lowest BCUT2D eigenvalue weighted by Gasteiger charge is -2.07. The molecule has 5 nitrogen and oxygen atoms in total. The van der Waals surface area contributed by atoms with Crippen molar-refractivity contribution in [2.45, 2.75) is 31.2 Å². The lowest BCUT2D eigenvalue weighted by molar-refractivity contribution is 0.288. The minimum Gasteiger partial charge on any atom is -0.396 e. The van der Waals surface area contributed by atoms with E-state index in [1.165, 1.54) is 11.3 Å². The van der Waals surface area contributed by atoms with Crippen LogP contribution in [0.5, 0.6) is 0 Å². The Bertz CT molecular complexity index is 678. The van der Waals surface area contributed by atoms with Gasteiger partial charge in [0.1, 0.15) is 0 Å². The summed E-state index contributed by atoms with van der Waals surface area (Å²) in [6.45, 7) is 2.25. The van der Waals surface area contributed by atoms with Crippen LogP contribution in [0, 0.1) is 6.92 Å². The number of aryl methyl sites for hydroxylation is 2. The van der Waals surface area contributed by atoms with Crippen molar-refractivity contribution in [2.24, 2.45) is 0 Å². The molecule has 0 bridgehead atoms. The molecule has 0 saturated heterocycles. The maximum absolute atomic E-state index is 12.2. The lowest BCUT2D eigenvalue weighted by Crippen LogP contribution is -2.23. The van der Waals surface area contributed by atoms with Crippen LogP contribution in [-0.2, 0) is 23.0 Å². The number of aliphatic hydroxyl groups excluding tert-OH is 1. The highest BCUT2D eigenvalue weighted by atomic mass is 32.2. The first kappa shape index (κ1) is 16.1. The Morgan fingerprint density at radius 3 is 2.57 bits per heavy atom. The molecule has 1 aromatic heterocycles. The van der Waals surface area contributed by atoms with Crippen molar-refractivity contribution in [1.82, 2.24) is 9.71 Å². The average molecular weight is 326 g/mol. The number of hydrogen-bond acceptors (Lipinski definition) is 5. The molecule has 0 aliphatic rings. The van der Waals surface area contributed by atoms with E-state index in [4.69, 9.17) is 5.11 Å². The van der Waals surface area contributed by atoms with Crippen molar-refractivity contribution in [3.8, 4) is 0 Å². The number of aromatic nitrogens is 1. The average Bonchev–Trinajstić information content (AvgIpc) is 2.89. The van der Waals surface area contributed by atoms with Gasteiger partial charge in [-0.15, -0.1) is 11.3 Å². The fraction of sp³-hybridized carbons (Fsp3) is 0.357. The van der Waals surface area contributed by atoms with Crippen LogP contribution < -0.4 is 4.72 Å². The van der Waals surface area contributed by atoms with Gasteiger partial charge in [-0.3, -0.25) is 0 Å². The first-order chi connectivity index (χ1) is 10.0. The maximum Gasteiger partial charge on any atom is 0.240 e. The van der Waals surface area contributed by atoms with E-state index in [0.29, 0.717) is 6.42 Å². The van der Waals surface area contributed by atoms with Gasteiger partial charge in [-0.25, -0.2) is 18.1 Å². The molecule has 1 heterocycles. The van der Waals surface area contributed by atoms with E-state index in [1.54, 1.807) is 29.8 Å². The SMILES string of the molecule is Cc1ncsc1CNS(=O)(=O)c1ccc(CCCO)cc1. The summed E-state index contributed by atoms with van der Waals surface area (Å²) in [6, 6.07) is 6.74. The Kier molecular flexibility index (Phi) is 5.46. The van der Waals surface area contributed by atoms with Gasteiger partial charge < -0.3 is 5.11 Å². The monoisotopic (exact) mass is 326 g/mol. The number of rotatable bonds is 7. The number of hydrogen-bond donors (Lipinski definition) is 2. The molecule has 2 N–H and O–H groups in total. The van der Waals surface area contributed by atoms with Crippen molar-refractivity contribution in [3.05, 3.63) is 45.9 Å². The highest BCUT2D eigenvalue weighted by Gasteiger charge is 2.14. The number of sulfonamides is 1. The van der Waals surface area contributed by atoms with Gasteiger partial charge in [-0.05, 0) is 37.5 Å². The van der Waals surface area contributed by atoms with Crippen LogP contribution in [0.4, 0.5) is 0 Å². The van der Waals surface area contributed by atoms with Crippen molar-refractivity contribution in [3.63, 3.8) is 0 Å². The van der Waals surface area contributed by atoms with Crippen LogP contribution >= 0.6 is 11.3 Å². The van der Waals surface area contributed by atoms with E-state index < -0.39 is 10.0 Å². The van der Waals surface area contributed by atoms with Crippen molar-refractivity contribution >= 4 is 21.4 Å². The van der Waals surface area contributed by atoms with Gasteiger partial charge in [-0.2, -0.15) is 0 Å². The summed E-state index contributed by atoms with van der Waals surface area (Å²) in [5.74, 6) is 0. The highest BCUT2D eigenvalue weighted by molar-refractivity contribution is 7.89. The standard InChI is InChI=1S/C14H18N2O3S2/c1-11-14(20-10-15-11)9-16-21(18,19)13-6-4-12(5-7-13)3-2-8-17/h4-7,10,16-17H,2-3,8-9H2,1H3. The fourth-order valence-corrected chi connectivity index (χ4v) is 3.66. The summed E-state index contributed by atoms with van der Waals surface area (Å²) in [5.41, 5.74) is 3.57. The third-order valence-electron chi connectivity index (χ3n) is 3.12. The van der Waals surface area contributed by atoms with Crippen LogP contribution in [0.25, 0.3) is 0 Å². The molecule has 21 heavy (non-hydrogen) atoms. The van der Waals surface area contributed by atoms with E-state index >= 15 is 0 Å². The molecule has 0 spiro atoms. The normalized spacial score (nSPS) is 11.7. The topological polar surface area (TPSA) is 79.3 Å². The number of nitrogens with one attached hydrogen (secondary N) is 1. The minimum atomic E-state index is -3.51. The molecule has 2 aromatic rings. The fourth-order valence-electron chi connectivity index (χ4n) is 1.86. The molecule has 0 aliphatic heterocycles. The van der Waals surface area contributed by atoms with Gasteiger partial charge in [0, 0.05) is 18.0 Å². The van der Waals surface area contributed by atoms with E-state index in [9.17, 15) is 8.42 Å². The molecule has 0 saturated carbocycles. The smallest absolute Gasteiger partial charge is 0.240 e.